The number of hydrogen-bond donors (Lipinski definition) is 2. The van der Waals surface area contributed by atoms with Gasteiger partial charge in [-0.3, -0.25) is 0 Å². The largest absolute Gasteiger partial charge is 0.392 e. The SMILES string of the molecule is CCSc1cc(Br)ccc1CNC[C@H](C)O. The number of halogens is 1. The Morgan fingerprint density at radius 3 is 2.88 bits per heavy atom. The van der Waals surface area contributed by atoms with E-state index in [2.05, 4.69) is 46.4 Å². The minimum absolute atomic E-state index is 0.294. The van der Waals surface area contributed by atoms with Gasteiger partial charge in [0.05, 0.1) is 6.10 Å². The number of rotatable bonds is 6. The Hall–Kier alpha value is -0.0300. The van der Waals surface area contributed by atoms with Crippen LogP contribution in [0.3, 0.4) is 0 Å². The molecule has 0 aliphatic carbocycles. The molecule has 0 aliphatic rings. The van der Waals surface area contributed by atoms with E-state index < -0.39 is 0 Å². The zero-order chi connectivity index (χ0) is 12.0. The second-order valence-corrected chi connectivity index (χ2v) is 5.89. The first-order valence-corrected chi connectivity index (χ1v) is 7.21. The summed E-state index contributed by atoms with van der Waals surface area (Å²) < 4.78 is 1.11. The number of aliphatic hydroxyl groups is 1. The quantitative estimate of drug-likeness (QED) is 0.792. The Bertz CT molecular complexity index is 331. The lowest BCUT2D eigenvalue weighted by Gasteiger charge is -2.11. The molecule has 0 unspecified atom stereocenters. The molecule has 2 nitrogen and oxygen atoms in total. The Morgan fingerprint density at radius 2 is 2.25 bits per heavy atom. The maximum atomic E-state index is 9.17. The molecule has 90 valence electrons. The molecule has 2 N–H and O–H groups in total. The van der Waals surface area contributed by atoms with Crippen molar-refractivity contribution in [2.45, 2.75) is 31.4 Å². The zero-order valence-corrected chi connectivity index (χ0v) is 12.1. The number of benzene rings is 1. The van der Waals surface area contributed by atoms with Gasteiger partial charge in [-0.1, -0.05) is 28.9 Å². The second-order valence-electron chi connectivity index (χ2n) is 3.66. The predicted octanol–water partition coefficient (Wildman–Crippen LogP) is 3.03. The molecule has 4 heteroatoms. The Balaban J connectivity index is 2.63. The van der Waals surface area contributed by atoms with Crippen molar-refractivity contribution in [2.75, 3.05) is 12.3 Å². The minimum Gasteiger partial charge on any atom is -0.392 e. The van der Waals surface area contributed by atoms with Crippen molar-refractivity contribution in [3.05, 3.63) is 28.2 Å². The van der Waals surface area contributed by atoms with E-state index in [0.29, 0.717) is 6.54 Å². The molecule has 0 fully saturated rings. The lowest BCUT2D eigenvalue weighted by molar-refractivity contribution is 0.191. The summed E-state index contributed by atoms with van der Waals surface area (Å²) in [5.41, 5.74) is 1.29. The van der Waals surface area contributed by atoms with Gasteiger partial charge in [0.1, 0.15) is 0 Å². The minimum atomic E-state index is -0.294. The lowest BCUT2D eigenvalue weighted by Crippen LogP contribution is -2.24. The summed E-state index contributed by atoms with van der Waals surface area (Å²) in [7, 11) is 0. The van der Waals surface area contributed by atoms with E-state index >= 15 is 0 Å². The van der Waals surface area contributed by atoms with Crippen LogP contribution >= 0.6 is 27.7 Å². The normalized spacial score (nSPS) is 12.8. The third-order valence-electron chi connectivity index (χ3n) is 2.08. The van der Waals surface area contributed by atoms with Crippen molar-refractivity contribution in [2.24, 2.45) is 0 Å². The molecule has 0 heterocycles. The second kappa shape index (κ2) is 7.33. The summed E-state index contributed by atoms with van der Waals surface area (Å²) in [6, 6.07) is 6.32. The van der Waals surface area contributed by atoms with Gasteiger partial charge in [0.25, 0.3) is 0 Å². The summed E-state index contributed by atoms with van der Waals surface area (Å²) in [6.07, 6.45) is -0.294. The molecule has 0 spiro atoms. The molecular formula is C12H18BrNOS. The van der Waals surface area contributed by atoms with Crippen molar-refractivity contribution in [3.8, 4) is 0 Å². The smallest absolute Gasteiger partial charge is 0.0636 e. The highest BCUT2D eigenvalue weighted by Gasteiger charge is 2.03. The molecular weight excluding hydrogens is 286 g/mol. The lowest BCUT2D eigenvalue weighted by atomic mass is 10.2. The van der Waals surface area contributed by atoms with Crippen LogP contribution in [0, 0.1) is 0 Å². The Kier molecular flexibility index (Phi) is 6.43. The Labute approximate surface area is 110 Å². The van der Waals surface area contributed by atoms with Gasteiger partial charge < -0.3 is 10.4 Å². The van der Waals surface area contributed by atoms with E-state index in [-0.39, 0.29) is 6.10 Å². The summed E-state index contributed by atoms with van der Waals surface area (Å²) in [4.78, 5) is 1.30. The van der Waals surface area contributed by atoms with Crippen LogP contribution in [0.2, 0.25) is 0 Å². The van der Waals surface area contributed by atoms with E-state index in [0.717, 1.165) is 16.8 Å². The van der Waals surface area contributed by atoms with E-state index in [1.165, 1.54) is 10.5 Å². The van der Waals surface area contributed by atoms with E-state index in [9.17, 15) is 5.11 Å². The topological polar surface area (TPSA) is 32.3 Å². The highest BCUT2D eigenvalue weighted by Crippen LogP contribution is 2.26. The van der Waals surface area contributed by atoms with Crippen molar-refractivity contribution in [1.29, 1.82) is 0 Å². The predicted molar refractivity (Wildman–Crippen MR) is 73.9 cm³/mol. The van der Waals surface area contributed by atoms with Gasteiger partial charge in [0, 0.05) is 22.5 Å². The summed E-state index contributed by atoms with van der Waals surface area (Å²) >= 11 is 5.33. The van der Waals surface area contributed by atoms with Crippen LogP contribution in [0.5, 0.6) is 0 Å². The van der Waals surface area contributed by atoms with E-state index in [1.807, 2.05) is 11.8 Å². The van der Waals surface area contributed by atoms with Gasteiger partial charge in [-0.2, -0.15) is 0 Å². The monoisotopic (exact) mass is 303 g/mol. The fourth-order valence-electron chi connectivity index (χ4n) is 1.38. The van der Waals surface area contributed by atoms with Crippen LogP contribution in [0.15, 0.2) is 27.6 Å². The summed E-state index contributed by atoms with van der Waals surface area (Å²) in [5.74, 6) is 1.07. The third-order valence-corrected chi connectivity index (χ3v) is 3.56. The standard InChI is InChI=1S/C12H18BrNOS/c1-3-16-12-6-11(13)5-4-10(12)8-14-7-9(2)15/h4-6,9,14-15H,3,7-8H2,1-2H3/t9-/m0/s1. The van der Waals surface area contributed by atoms with Gasteiger partial charge in [-0.05, 0) is 30.4 Å². The molecule has 0 radical (unpaired) electrons. The average Bonchev–Trinajstić information content (AvgIpc) is 2.21. The molecule has 1 aromatic rings. The van der Waals surface area contributed by atoms with Gasteiger partial charge in [-0.25, -0.2) is 0 Å². The maximum absolute atomic E-state index is 9.17. The number of aliphatic hydroxyl groups excluding tert-OH is 1. The van der Waals surface area contributed by atoms with Crippen LogP contribution in [-0.4, -0.2) is 23.5 Å². The summed E-state index contributed by atoms with van der Waals surface area (Å²) in [5, 5.41) is 12.4. The van der Waals surface area contributed by atoms with Crippen LogP contribution < -0.4 is 5.32 Å². The fourth-order valence-corrected chi connectivity index (χ4v) is 2.74. The molecule has 0 bridgehead atoms. The molecule has 0 amide bonds. The first-order valence-electron chi connectivity index (χ1n) is 5.43. The van der Waals surface area contributed by atoms with Crippen LogP contribution in [0.25, 0.3) is 0 Å². The number of nitrogens with one attached hydrogen (secondary N) is 1. The highest BCUT2D eigenvalue weighted by molar-refractivity contribution is 9.10. The summed E-state index contributed by atoms with van der Waals surface area (Å²) in [6.45, 7) is 5.38. The number of thioether (sulfide) groups is 1. The molecule has 0 saturated heterocycles. The van der Waals surface area contributed by atoms with Crippen LogP contribution in [0.1, 0.15) is 19.4 Å². The zero-order valence-electron chi connectivity index (χ0n) is 9.66. The van der Waals surface area contributed by atoms with Gasteiger partial charge in [-0.15, -0.1) is 11.8 Å². The molecule has 0 saturated carbocycles. The highest BCUT2D eigenvalue weighted by atomic mass is 79.9. The fraction of sp³-hybridized carbons (Fsp3) is 0.500. The van der Waals surface area contributed by atoms with Crippen molar-refractivity contribution < 1.29 is 5.11 Å². The molecule has 1 rings (SSSR count). The molecule has 16 heavy (non-hydrogen) atoms. The first-order chi connectivity index (χ1) is 7.63. The van der Waals surface area contributed by atoms with Gasteiger partial charge in [0.15, 0.2) is 0 Å². The number of hydrogen-bond acceptors (Lipinski definition) is 3. The van der Waals surface area contributed by atoms with E-state index in [4.69, 9.17) is 0 Å². The van der Waals surface area contributed by atoms with Gasteiger partial charge >= 0.3 is 0 Å². The van der Waals surface area contributed by atoms with Crippen molar-refractivity contribution in [3.63, 3.8) is 0 Å². The van der Waals surface area contributed by atoms with Crippen LogP contribution in [0.4, 0.5) is 0 Å². The third kappa shape index (κ3) is 4.87. The molecule has 1 aromatic carbocycles. The molecule has 0 aliphatic heterocycles. The first kappa shape index (κ1) is 14.0. The molecule has 0 aromatic heterocycles. The van der Waals surface area contributed by atoms with E-state index in [1.54, 1.807) is 6.92 Å². The average molecular weight is 304 g/mol. The van der Waals surface area contributed by atoms with Crippen molar-refractivity contribution >= 4 is 27.7 Å². The van der Waals surface area contributed by atoms with Crippen LogP contribution in [-0.2, 0) is 6.54 Å². The molecule has 1 atom stereocenters. The van der Waals surface area contributed by atoms with Gasteiger partial charge in [0.2, 0.25) is 0 Å². The maximum Gasteiger partial charge on any atom is 0.0636 e. The Morgan fingerprint density at radius 1 is 1.50 bits per heavy atom. The van der Waals surface area contributed by atoms with Crippen molar-refractivity contribution in [1.82, 2.24) is 5.32 Å².